The summed E-state index contributed by atoms with van der Waals surface area (Å²) in [7, 11) is 0. The first-order valence-corrected chi connectivity index (χ1v) is 16.1. The van der Waals surface area contributed by atoms with E-state index in [4.69, 9.17) is 4.74 Å². The Bertz CT molecular complexity index is 1990. The monoisotopic (exact) mass is 629 g/mol. The Morgan fingerprint density at radius 3 is 1.38 bits per heavy atom. The molecule has 2 fully saturated rings. The van der Waals surface area contributed by atoms with Crippen LogP contribution >= 0.6 is 0 Å². The number of benzene rings is 5. The molecule has 1 saturated heterocycles. The van der Waals surface area contributed by atoms with Crippen molar-refractivity contribution in [2.45, 2.75) is 17.8 Å². The van der Waals surface area contributed by atoms with Gasteiger partial charge in [0.05, 0.1) is 40.5 Å². The third-order valence-electron chi connectivity index (χ3n) is 10.2. The van der Waals surface area contributed by atoms with Crippen LogP contribution in [0.4, 0.5) is 5.69 Å². The summed E-state index contributed by atoms with van der Waals surface area (Å²) < 4.78 is 5.15. The summed E-state index contributed by atoms with van der Waals surface area (Å²) in [5.41, 5.74) is 2.20. The van der Waals surface area contributed by atoms with E-state index >= 15 is 14.4 Å². The van der Waals surface area contributed by atoms with Crippen LogP contribution in [0.5, 0.6) is 0 Å². The number of carbonyl (C=O) groups is 4. The number of Topliss-reactive ketones (excluding diaryl/α,β-unsaturated/α-hetero) is 1. The van der Waals surface area contributed by atoms with Crippen LogP contribution in [0.3, 0.4) is 0 Å². The van der Waals surface area contributed by atoms with Crippen LogP contribution in [0, 0.1) is 11.8 Å². The molecule has 0 unspecified atom stereocenters. The summed E-state index contributed by atoms with van der Waals surface area (Å²) in [6.45, 7) is 1.96. The normalized spacial score (nSPS) is 24.3. The number of esters is 1. The molecule has 0 spiro atoms. The Labute approximate surface area is 278 Å². The van der Waals surface area contributed by atoms with Crippen LogP contribution < -0.4 is 4.90 Å². The highest BCUT2D eigenvalue weighted by atomic mass is 16.5. The molecule has 8 rings (SSSR count). The zero-order chi connectivity index (χ0) is 33.0. The molecule has 6 nitrogen and oxygen atoms in total. The number of hydrogen-bond acceptors (Lipinski definition) is 5. The van der Waals surface area contributed by atoms with E-state index in [9.17, 15) is 4.79 Å². The van der Waals surface area contributed by atoms with Crippen LogP contribution in [0.1, 0.15) is 39.5 Å². The van der Waals surface area contributed by atoms with Crippen molar-refractivity contribution in [1.82, 2.24) is 0 Å². The van der Waals surface area contributed by atoms with Gasteiger partial charge in [-0.2, -0.15) is 0 Å². The lowest BCUT2D eigenvalue weighted by molar-refractivity contribution is -0.130. The molecule has 2 amide bonds. The summed E-state index contributed by atoms with van der Waals surface area (Å²) >= 11 is 0. The minimum Gasteiger partial charge on any atom is -0.462 e. The van der Waals surface area contributed by atoms with E-state index in [-0.39, 0.29) is 12.4 Å². The molecular weight excluding hydrogens is 598 g/mol. The minimum absolute atomic E-state index is 0.167. The van der Waals surface area contributed by atoms with Crippen LogP contribution in [0.2, 0.25) is 0 Å². The maximum absolute atomic E-state index is 15.9. The van der Waals surface area contributed by atoms with Gasteiger partial charge in [0, 0.05) is 0 Å². The first-order chi connectivity index (χ1) is 23.5. The number of imide groups is 1. The number of amides is 2. The van der Waals surface area contributed by atoms with Crippen LogP contribution in [-0.4, -0.2) is 30.2 Å². The molecule has 5 aromatic carbocycles. The van der Waals surface area contributed by atoms with Gasteiger partial charge in [0.15, 0.2) is 5.78 Å². The summed E-state index contributed by atoms with van der Waals surface area (Å²) in [4.78, 5) is 59.7. The number of ether oxygens (including phenoxy) is 1. The summed E-state index contributed by atoms with van der Waals surface area (Å²) in [5.74, 6) is -3.58. The molecule has 48 heavy (non-hydrogen) atoms. The molecule has 3 aliphatic rings. The van der Waals surface area contributed by atoms with Crippen molar-refractivity contribution in [3.8, 4) is 0 Å². The summed E-state index contributed by atoms with van der Waals surface area (Å²) in [6.07, 6.45) is 0. The zero-order valence-electron chi connectivity index (χ0n) is 26.2. The van der Waals surface area contributed by atoms with E-state index in [1.807, 2.05) is 121 Å². The lowest BCUT2D eigenvalue weighted by Crippen LogP contribution is -2.45. The highest BCUT2D eigenvalue weighted by Crippen LogP contribution is 2.74. The zero-order valence-corrected chi connectivity index (χ0v) is 26.2. The fraction of sp³-hybridized carbons (Fsp3) is 0.143. The van der Waals surface area contributed by atoms with E-state index in [2.05, 4.69) is 0 Å². The Morgan fingerprint density at radius 2 is 0.979 bits per heavy atom. The first kappa shape index (κ1) is 29.5. The van der Waals surface area contributed by atoms with Crippen molar-refractivity contribution in [2.24, 2.45) is 11.8 Å². The molecular formula is C42H31NO5. The fourth-order valence-corrected chi connectivity index (χ4v) is 8.55. The number of hydrogen-bond donors (Lipinski definition) is 0. The van der Waals surface area contributed by atoms with Gasteiger partial charge in [-0.3, -0.25) is 14.4 Å². The highest BCUT2D eigenvalue weighted by molar-refractivity contribution is 6.39. The van der Waals surface area contributed by atoms with E-state index < -0.39 is 40.4 Å². The second-order valence-electron chi connectivity index (χ2n) is 12.4. The third kappa shape index (κ3) is 3.80. The molecule has 0 radical (unpaired) electrons. The molecule has 1 heterocycles. The maximum atomic E-state index is 15.9. The molecule has 234 valence electrons. The number of carbonyl (C=O) groups excluding carboxylic acids is 4. The quantitative estimate of drug-likeness (QED) is 0.142. The third-order valence-corrected chi connectivity index (χ3v) is 10.2. The molecule has 1 aliphatic heterocycles. The Kier molecular flexibility index (Phi) is 6.84. The molecule has 0 N–H and O–H groups in total. The predicted molar refractivity (Wildman–Crippen MR) is 183 cm³/mol. The van der Waals surface area contributed by atoms with E-state index in [0.717, 1.165) is 22.3 Å². The van der Waals surface area contributed by atoms with Crippen molar-refractivity contribution in [2.75, 3.05) is 11.5 Å². The smallest absolute Gasteiger partial charge is 0.338 e. The first-order valence-electron chi connectivity index (χ1n) is 16.1. The minimum atomic E-state index is -1.47. The van der Waals surface area contributed by atoms with Crippen LogP contribution in [-0.2, 0) is 30.0 Å². The lowest BCUT2D eigenvalue weighted by Gasteiger charge is -2.39. The van der Waals surface area contributed by atoms with Gasteiger partial charge in [-0.25, -0.2) is 9.69 Å². The molecule has 2 aliphatic carbocycles. The van der Waals surface area contributed by atoms with Crippen LogP contribution in [0.25, 0.3) is 11.1 Å². The number of fused-ring (bicyclic) bond motifs is 5. The average Bonchev–Trinajstić information content (AvgIpc) is 3.65. The topological polar surface area (TPSA) is 80.8 Å². The van der Waals surface area contributed by atoms with Gasteiger partial charge in [-0.05, 0) is 64.6 Å². The number of rotatable bonds is 7. The van der Waals surface area contributed by atoms with Crippen molar-refractivity contribution < 1.29 is 23.9 Å². The average molecular weight is 630 g/mol. The standard InChI is InChI=1S/C42H31NO5/c1-2-48-39(46)29-23-25-32(26-24-29)43-37(44)35-36(38(43)45)42(31-21-13-6-14-22-31)34(28-17-9-4-10-18-28)33(27-15-7-3-8-16-27)41(35,40(42)47)30-19-11-5-12-20-30/h3-26,35-36H,2H2,1H3/t35-,36+,41-,42-/m0/s1. The largest absolute Gasteiger partial charge is 0.462 e. The molecule has 0 aromatic heterocycles. The van der Waals surface area contributed by atoms with Crippen molar-refractivity contribution in [3.63, 3.8) is 0 Å². The van der Waals surface area contributed by atoms with Crippen LogP contribution in [0.15, 0.2) is 146 Å². The van der Waals surface area contributed by atoms with Crippen molar-refractivity contribution in [3.05, 3.63) is 173 Å². The van der Waals surface area contributed by atoms with Crippen molar-refractivity contribution in [1.29, 1.82) is 0 Å². The van der Waals surface area contributed by atoms with Gasteiger partial charge in [0.1, 0.15) is 0 Å². The van der Waals surface area contributed by atoms with Gasteiger partial charge in [0.25, 0.3) is 0 Å². The number of anilines is 1. The van der Waals surface area contributed by atoms with Gasteiger partial charge < -0.3 is 4.74 Å². The second kappa shape index (κ2) is 11.1. The molecule has 1 saturated carbocycles. The lowest BCUT2D eigenvalue weighted by atomic mass is 9.59. The fourth-order valence-electron chi connectivity index (χ4n) is 8.55. The molecule has 4 atom stereocenters. The summed E-state index contributed by atoms with van der Waals surface area (Å²) in [6, 6.07) is 44.8. The van der Waals surface area contributed by atoms with E-state index in [1.165, 1.54) is 4.90 Å². The number of nitrogens with zero attached hydrogens (tertiary/aromatic N) is 1. The van der Waals surface area contributed by atoms with E-state index in [0.29, 0.717) is 22.4 Å². The number of allylic oxidation sites excluding steroid dienone is 2. The van der Waals surface area contributed by atoms with Gasteiger partial charge >= 0.3 is 5.97 Å². The molecule has 5 aromatic rings. The van der Waals surface area contributed by atoms with Crippen molar-refractivity contribution >= 4 is 40.4 Å². The maximum Gasteiger partial charge on any atom is 0.338 e. The molecule has 6 heteroatoms. The van der Waals surface area contributed by atoms with Gasteiger partial charge in [-0.1, -0.05) is 121 Å². The van der Waals surface area contributed by atoms with E-state index in [1.54, 1.807) is 31.2 Å². The van der Waals surface area contributed by atoms with Gasteiger partial charge in [-0.15, -0.1) is 0 Å². The van der Waals surface area contributed by atoms with Gasteiger partial charge in [0.2, 0.25) is 11.8 Å². The Balaban J connectivity index is 1.46. The Hall–Kier alpha value is -5.88. The SMILES string of the molecule is CCOC(=O)c1ccc(N2C(=O)[C@@H]3[C@H](C2=O)[C@@]2(c4ccccc4)C(=O)[C@@]3(c3ccccc3)C(c3ccccc3)=C2c2ccccc2)cc1. The number of ketones is 1. The second-order valence-corrected chi connectivity index (χ2v) is 12.4. The predicted octanol–water partition coefficient (Wildman–Crippen LogP) is 7.05. The molecule has 2 bridgehead atoms. The summed E-state index contributed by atoms with van der Waals surface area (Å²) in [5, 5.41) is 0. The highest BCUT2D eigenvalue weighted by Gasteiger charge is 2.82. The Morgan fingerprint density at radius 1 is 0.583 bits per heavy atom.